The van der Waals surface area contributed by atoms with Gasteiger partial charge in [0.25, 0.3) is 5.91 Å². The lowest BCUT2D eigenvalue weighted by Gasteiger charge is -2.13. The molecule has 4 rings (SSSR count). The standard InChI is InChI=1S/C22H21N3O4/c1-12-7-8-13(2)19-18(12)14(3)20(29-19)21(27)24-16-6-4-5-15(9-16)11-25-17(26)10-23-22(25)28/h4-9H,10-11H2,1-3H3,(H,23,28)(H,24,27). The van der Waals surface area contributed by atoms with E-state index in [1.54, 1.807) is 24.3 Å². The Labute approximate surface area is 167 Å². The van der Waals surface area contributed by atoms with Gasteiger partial charge in [0.1, 0.15) is 5.58 Å². The highest BCUT2D eigenvalue weighted by molar-refractivity contribution is 6.07. The van der Waals surface area contributed by atoms with Crippen LogP contribution in [0, 0.1) is 20.8 Å². The monoisotopic (exact) mass is 391 g/mol. The Kier molecular flexibility index (Phi) is 4.58. The first-order valence-corrected chi connectivity index (χ1v) is 9.33. The second-order valence-electron chi connectivity index (χ2n) is 7.25. The van der Waals surface area contributed by atoms with Crippen LogP contribution in [0.25, 0.3) is 11.0 Å². The van der Waals surface area contributed by atoms with Gasteiger partial charge in [-0.1, -0.05) is 24.3 Å². The van der Waals surface area contributed by atoms with Crippen LogP contribution in [0.5, 0.6) is 0 Å². The van der Waals surface area contributed by atoms with Crippen molar-refractivity contribution in [3.05, 3.63) is 64.4 Å². The average molecular weight is 391 g/mol. The third-order valence-electron chi connectivity index (χ3n) is 5.15. The first kappa shape index (κ1) is 18.7. The molecule has 2 heterocycles. The molecule has 1 aromatic heterocycles. The van der Waals surface area contributed by atoms with Crippen LogP contribution in [0.4, 0.5) is 10.5 Å². The van der Waals surface area contributed by atoms with Crippen molar-refractivity contribution in [3.8, 4) is 0 Å². The summed E-state index contributed by atoms with van der Waals surface area (Å²) in [6.07, 6.45) is 0. The molecule has 2 N–H and O–H groups in total. The molecule has 7 heteroatoms. The third kappa shape index (κ3) is 3.35. The van der Waals surface area contributed by atoms with Crippen molar-refractivity contribution >= 4 is 34.5 Å². The number of aryl methyl sites for hydroxylation is 3. The summed E-state index contributed by atoms with van der Waals surface area (Å²) in [5, 5.41) is 6.30. The Morgan fingerprint density at radius 2 is 1.90 bits per heavy atom. The molecule has 0 spiro atoms. The summed E-state index contributed by atoms with van der Waals surface area (Å²) >= 11 is 0. The maximum absolute atomic E-state index is 12.9. The minimum atomic E-state index is -0.409. The van der Waals surface area contributed by atoms with E-state index < -0.39 is 6.03 Å². The molecular formula is C22H21N3O4. The van der Waals surface area contributed by atoms with Crippen LogP contribution in [0.2, 0.25) is 0 Å². The minimum absolute atomic E-state index is 0.0133. The van der Waals surface area contributed by atoms with Crippen LogP contribution >= 0.6 is 0 Å². The molecule has 29 heavy (non-hydrogen) atoms. The average Bonchev–Trinajstić information content (AvgIpc) is 3.20. The van der Waals surface area contributed by atoms with E-state index in [0.29, 0.717) is 5.69 Å². The number of benzene rings is 2. The van der Waals surface area contributed by atoms with Crippen molar-refractivity contribution < 1.29 is 18.8 Å². The van der Waals surface area contributed by atoms with Crippen molar-refractivity contribution in [1.82, 2.24) is 10.2 Å². The van der Waals surface area contributed by atoms with Gasteiger partial charge in [0, 0.05) is 16.6 Å². The van der Waals surface area contributed by atoms with Crippen LogP contribution in [-0.4, -0.2) is 29.3 Å². The van der Waals surface area contributed by atoms with Gasteiger partial charge in [-0.15, -0.1) is 0 Å². The number of rotatable bonds is 4. The zero-order chi connectivity index (χ0) is 20.7. The maximum atomic E-state index is 12.9. The molecule has 7 nitrogen and oxygen atoms in total. The highest BCUT2D eigenvalue weighted by atomic mass is 16.3. The van der Waals surface area contributed by atoms with Gasteiger partial charge in [-0.2, -0.15) is 0 Å². The highest BCUT2D eigenvalue weighted by Gasteiger charge is 2.28. The number of furan rings is 1. The molecule has 0 radical (unpaired) electrons. The van der Waals surface area contributed by atoms with Gasteiger partial charge in [-0.25, -0.2) is 4.79 Å². The number of carbonyl (C=O) groups is 3. The van der Waals surface area contributed by atoms with Gasteiger partial charge in [0.2, 0.25) is 5.91 Å². The fourth-order valence-electron chi connectivity index (χ4n) is 3.62. The molecule has 1 fully saturated rings. The minimum Gasteiger partial charge on any atom is -0.450 e. The predicted octanol–water partition coefficient (Wildman–Crippen LogP) is 3.66. The number of nitrogens with one attached hydrogen (secondary N) is 2. The lowest BCUT2D eigenvalue weighted by molar-refractivity contribution is -0.125. The summed E-state index contributed by atoms with van der Waals surface area (Å²) in [5.41, 5.74) is 4.85. The van der Waals surface area contributed by atoms with E-state index >= 15 is 0 Å². The van der Waals surface area contributed by atoms with Crippen LogP contribution in [-0.2, 0) is 11.3 Å². The molecule has 0 atom stereocenters. The van der Waals surface area contributed by atoms with Gasteiger partial charge in [-0.05, 0) is 49.6 Å². The van der Waals surface area contributed by atoms with Gasteiger partial charge in [-0.3, -0.25) is 14.5 Å². The van der Waals surface area contributed by atoms with Gasteiger partial charge in [0.15, 0.2) is 5.76 Å². The number of fused-ring (bicyclic) bond motifs is 1. The normalized spacial score (nSPS) is 13.8. The quantitative estimate of drug-likeness (QED) is 0.664. The Morgan fingerprint density at radius 1 is 1.14 bits per heavy atom. The largest absolute Gasteiger partial charge is 0.450 e. The van der Waals surface area contributed by atoms with Crippen LogP contribution < -0.4 is 10.6 Å². The van der Waals surface area contributed by atoms with E-state index in [-0.39, 0.29) is 30.7 Å². The van der Waals surface area contributed by atoms with Crippen LogP contribution in [0.3, 0.4) is 0 Å². The Bertz CT molecular complexity index is 1150. The Morgan fingerprint density at radius 3 is 2.59 bits per heavy atom. The zero-order valence-corrected chi connectivity index (χ0v) is 16.5. The molecule has 0 bridgehead atoms. The SMILES string of the molecule is Cc1ccc(C)c2c(C)c(C(=O)Nc3cccc(CN4C(=O)CNC4=O)c3)oc12. The van der Waals surface area contributed by atoms with Crippen molar-refractivity contribution in [3.63, 3.8) is 0 Å². The summed E-state index contributed by atoms with van der Waals surface area (Å²) in [7, 11) is 0. The second kappa shape index (κ2) is 7.09. The van der Waals surface area contributed by atoms with Crippen molar-refractivity contribution in [1.29, 1.82) is 0 Å². The van der Waals surface area contributed by atoms with Crippen molar-refractivity contribution in [2.45, 2.75) is 27.3 Å². The highest BCUT2D eigenvalue weighted by Crippen LogP contribution is 2.31. The first-order valence-electron chi connectivity index (χ1n) is 9.33. The van der Waals surface area contributed by atoms with E-state index in [1.807, 2.05) is 32.9 Å². The maximum Gasteiger partial charge on any atom is 0.324 e. The fraction of sp³-hybridized carbons (Fsp3) is 0.227. The summed E-state index contributed by atoms with van der Waals surface area (Å²) < 4.78 is 5.89. The Hall–Kier alpha value is -3.61. The molecule has 1 saturated heterocycles. The molecule has 1 aliphatic rings. The molecule has 3 aromatic rings. The lowest BCUT2D eigenvalue weighted by atomic mass is 10.0. The van der Waals surface area contributed by atoms with Gasteiger partial charge in [0.05, 0.1) is 13.1 Å². The molecule has 4 amide bonds. The smallest absolute Gasteiger partial charge is 0.324 e. The number of carbonyl (C=O) groups excluding carboxylic acids is 3. The Balaban J connectivity index is 1.58. The van der Waals surface area contributed by atoms with Crippen LogP contribution in [0.1, 0.15) is 32.8 Å². The zero-order valence-electron chi connectivity index (χ0n) is 16.5. The van der Waals surface area contributed by atoms with E-state index in [4.69, 9.17) is 4.42 Å². The number of hydrogen-bond donors (Lipinski definition) is 2. The molecule has 2 aromatic carbocycles. The van der Waals surface area contributed by atoms with Gasteiger partial charge < -0.3 is 15.1 Å². The van der Waals surface area contributed by atoms with E-state index in [2.05, 4.69) is 10.6 Å². The number of imide groups is 1. The topological polar surface area (TPSA) is 91.7 Å². The van der Waals surface area contributed by atoms with Crippen molar-refractivity contribution in [2.24, 2.45) is 0 Å². The summed E-state index contributed by atoms with van der Waals surface area (Å²) in [6.45, 7) is 5.98. The molecule has 148 valence electrons. The molecule has 1 aliphatic heterocycles. The molecule has 0 aliphatic carbocycles. The van der Waals surface area contributed by atoms with E-state index in [9.17, 15) is 14.4 Å². The second-order valence-corrected chi connectivity index (χ2v) is 7.25. The molecular weight excluding hydrogens is 370 g/mol. The number of nitrogens with zero attached hydrogens (tertiary/aromatic N) is 1. The summed E-state index contributed by atoms with van der Waals surface area (Å²) in [5.74, 6) is -0.338. The number of hydrogen-bond acceptors (Lipinski definition) is 4. The van der Waals surface area contributed by atoms with Crippen molar-refractivity contribution in [2.75, 3.05) is 11.9 Å². The third-order valence-corrected chi connectivity index (χ3v) is 5.15. The van der Waals surface area contributed by atoms with Crippen LogP contribution in [0.15, 0.2) is 40.8 Å². The first-order chi connectivity index (χ1) is 13.8. The number of amides is 4. The van der Waals surface area contributed by atoms with E-state index in [1.165, 1.54) is 0 Å². The molecule has 0 unspecified atom stereocenters. The predicted molar refractivity (Wildman–Crippen MR) is 109 cm³/mol. The summed E-state index contributed by atoms with van der Waals surface area (Å²) in [6, 6.07) is 10.6. The number of anilines is 1. The van der Waals surface area contributed by atoms with Gasteiger partial charge >= 0.3 is 6.03 Å². The number of urea groups is 1. The summed E-state index contributed by atoms with van der Waals surface area (Å²) in [4.78, 5) is 37.5. The fourth-order valence-corrected chi connectivity index (χ4v) is 3.62. The van der Waals surface area contributed by atoms with E-state index in [0.717, 1.165) is 38.1 Å². The lowest BCUT2D eigenvalue weighted by Crippen LogP contribution is -2.30. The molecule has 0 saturated carbocycles.